The molecule has 1 aliphatic heterocycles. The summed E-state index contributed by atoms with van der Waals surface area (Å²) in [5, 5.41) is 0.336. The Morgan fingerprint density at radius 3 is 2.71 bits per heavy atom. The second-order valence-corrected chi connectivity index (χ2v) is 5.58. The van der Waals surface area contributed by atoms with Crippen molar-refractivity contribution < 1.29 is 9.53 Å². The number of hydrogen-bond donors (Lipinski definition) is 0. The molecule has 0 aromatic heterocycles. The van der Waals surface area contributed by atoms with Crippen LogP contribution in [0.1, 0.15) is 33.6 Å². The van der Waals surface area contributed by atoms with Gasteiger partial charge in [0, 0.05) is 5.92 Å². The van der Waals surface area contributed by atoms with E-state index in [1.165, 1.54) is 6.42 Å². The fourth-order valence-electron chi connectivity index (χ4n) is 1.13. The number of rotatable bonds is 0. The van der Waals surface area contributed by atoms with Gasteiger partial charge in [0.1, 0.15) is 5.60 Å². The van der Waals surface area contributed by atoms with Crippen molar-refractivity contribution in [2.45, 2.75) is 44.5 Å². The molecule has 0 N–H and O–H groups in total. The van der Waals surface area contributed by atoms with Crippen molar-refractivity contribution in [3.05, 3.63) is 0 Å². The first-order chi connectivity index (χ1) is 6.47. The van der Waals surface area contributed by atoms with E-state index in [0.717, 1.165) is 12.2 Å². The maximum absolute atomic E-state index is 11.2. The first-order valence-corrected chi connectivity index (χ1v) is 5.88. The van der Waals surface area contributed by atoms with Gasteiger partial charge in [-0.25, -0.2) is 4.79 Å². The monoisotopic (exact) mass is 212 g/mol. The van der Waals surface area contributed by atoms with Crippen LogP contribution < -0.4 is 0 Å². The van der Waals surface area contributed by atoms with Gasteiger partial charge in [0.15, 0.2) is 0 Å². The third kappa shape index (κ3) is 4.57. The van der Waals surface area contributed by atoms with Gasteiger partial charge in [-0.1, -0.05) is 5.92 Å². The minimum Gasteiger partial charge on any atom is -0.450 e. The molecule has 1 atom stereocenters. The van der Waals surface area contributed by atoms with Crippen LogP contribution in [-0.2, 0) is 9.53 Å². The average molecular weight is 212 g/mol. The van der Waals surface area contributed by atoms with Crippen LogP contribution in [0.2, 0.25) is 0 Å². The molecule has 0 bridgehead atoms. The van der Waals surface area contributed by atoms with E-state index >= 15 is 0 Å². The summed E-state index contributed by atoms with van der Waals surface area (Å²) >= 11 is 1.82. The molecular formula is C11H16O2S. The Morgan fingerprint density at radius 1 is 1.50 bits per heavy atom. The molecule has 2 nitrogen and oxygen atoms in total. The maximum Gasteiger partial charge on any atom is 0.384 e. The zero-order valence-corrected chi connectivity index (χ0v) is 9.74. The van der Waals surface area contributed by atoms with E-state index in [9.17, 15) is 4.79 Å². The van der Waals surface area contributed by atoms with E-state index in [1.807, 2.05) is 32.5 Å². The number of ether oxygens (including phenoxy) is 1. The quantitative estimate of drug-likeness (QED) is 0.350. The third-order valence-corrected chi connectivity index (χ3v) is 2.94. The summed E-state index contributed by atoms with van der Waals surface area (Å²) in [6, 6.07) is 0. The maximum atomic E-state index is 11.2. The molecule has 1 unspecified atom stereocenters. The summed E-state index contributed by atoms with van der Waals surface area (Å²) in [6.07, 6.45) is 2.30. The van der Waals surface area contributed by atoms with Crippen LogP contribution in [0.3, 0.4) is 0 Å². The summed E-state index contributed by atoms with van der Waals surface area (Å²) in [6.45, 7) is 5.53. The fraction of sp³-hybridized carbons (Fsp3) is 0.727. The van der Waals surface area contributed by atoms with Gasteiger partial charge in [-0.3, -0.25) is 0 Å². The highest BCUT2D eigenvalue weighted by atomic mass is 32.2. The number of esters is 1. The summed E-state index contributed by atoms with van der Waals surface area (Å²) in [5.41, 5.74) is -0.436. The number of carbonyl (C=O) groups excluding carboxylic acids is 1. The Labute approximate surface area is 89.8 Å². The van der Waals surface area contributed by atoms with Crippen molar-refractivity contribution in [3.63, 3.8) is 0 Å². The van der Waals surface area contributed by atoms with Crippen molar-refractivity contribution in [1.29, 1.82) is 0 Å². The molecular weight excluding hydrogens is 196 g/mol. The highest BCUT2D eigenvalue weighted by molar-refractivity contribution is 8.00. The summed E-state index contributed by atoms with van der Waals surface area (Å²) in [7, 11) is 0. The van der Waals surface area contributed by atoms with Gasteiger partial charge >= 0.3 is 5.97 Å². The van der Waals surface area contributed by atoms with Crippen molar-refractivity contribution in [1.82, 2.24) is 0 Å². The van der Waals surface area contributed by atoms with Gasteiger partial charge < -0.3 is 4.74 Å². The van der Waals surface area contributed by atoms with E-state index in [4.69, 9.17) is 4.74 Å². The molecule has 1 rings (SSSR count). The molecule has 0 aliphatic carbocycles. The summed E-state index contributed by atoms with van der Waals surface area (Å²) < 4.78 is 5.08. The smallest absolute Gasteiger partial charge is 0.384 e. The lowest BCUT2D eigenvalue weighted by Crippen LogP contribution is -2.22. The second-order valence-electron chi connectivity index (χ2n) is 4.27. The van der Waals surface area contributed by atoms with E-state index in [1.54, 1.807) is 0 Å². The zero-order valence-electron chi connectivity index (χ0n) is 8.92. The molecule has 1 aliphatic rings. The predicted molar refractivity (Wildman–Crippen MR) is 59.1 cm³/mol. The molecule has 1 saturated heterocycles. The summed E-state index contributed by atoms with van der Waals surface area (Å²) in [4.78, 5) is 11.2. The van der Waals surface area contributed by atoms with Crippen molar-refractivity contribution in [3.8, 4) is 11.8 Å². The van der Waals surface area contributed by atoms with E-state index in [0.29, 0.717) is 5.25 Å². The van der Waals surface area contributed by atoms with Gasteiger partial charge in [-0.2, -0.15) is 0 Å². The Hall–Kier alpha value is -0.620. The predicted octanol–water partition coefficient (Wildman–Crippen LogP) is 2.23. The van der Waals surface area contributed by atoms with Crippen LogP contribution in [0.5, 0.6) is 0 Å². The molecule has 0 radical (unpaired) electrons. The molecule has 0 aromatic carbocycles. The van der Waals surface area contributed by atoms with Crippen LogP contribution in [0.15, 0.2) is 0 Å². The van der Waals surface area contributed by atoms with Crippen molar-refractivity contribution in [2.75, 3.05) is 5.75 Å². The second kappa shape index (κ2) is 4.75. The lowest BCUT2D eigenvalue weighted by atomic mass is 10.2. The molecule has 0 saturated carbocycles. The molecule has 78 valence electrons. The number of carbonyl (C=O) groups is 1. The Balaban J connectivity index is 2.39. The molecule has 14 heavy (non-hydrogen) atoms. The van der Waals surface area contributed by atoms with Crippen LogP contribution in [0.4, 0.5) is 0 Å². The van der Waals surface area contributed by atoms with Gasteiger partial charge in [-0.15, -0.1) is 11.8 Å². The standard InChI is InChI=1S/C11H16O2S/c1-11(2,3)13-10(12)7-6-9-5-4-8-14-9/h9H,4-5,8H2,1-3H3. The largest absolute Gasteiger partial charge is 0.450 e. The minimum atomic E-state index is -0.436. The number of thioether (sulfide) groups is 1. The average Bonchev–Trinajstić information content (AvgIpc) is 2.49. The first-order valence-electron chi connectivity index (χ1n) is 4.83. The van der Waals surface area contributed by atoms with Crippen LogP contribution in [-0.4, -0.2) is 22.6 Å². The van der Waals surface area contributed by atoms with Gasteiger partial charge in [0.2, 0.25) is 0 Å². The van der Waals surface area contributed by atoms with Crippen LogP contribution >= 0.6 is 11.8 Å². The Bertz CT molecular complexity index is 261. The molecule has 0 amide bonds. The van der Waals surface area contributed by atoms with Crippen LogP contribution in [0.25, 0.3) is 0 Å². The molecule has 0 spiro atoms. The van der Waals surface area contributed by atoms with Crippen LogP contribution in [0, 0.1) is 11.8 Å². The van der Waals surface area contributed by atoms with Gasteiger partial charge in [0.25, 0.3) is 0 Å². The normalized spacial score (nSPS) is 21.2. The SMILES string of the molecule is CC(C)(C)OC(=O)C#CC1CCCS1. The van der Waals surface area contributed by atoms with Gasteiger partial charge in [-0.05, 0) is 39.4 Å². The zero-order chi connectivity index (χ0) is 10.6. The molecule has 0 aromatic rings. The molecule has 1 fully saturated rings. The topological polar surface area (TPSA) is 26.3 Å². The minimum absolute atomic E-state index is 0.336. The lowest BCUT2D eigenvalue weighted by Gasteiger charge is -2.16. The Morgan fingerprint density at radius 2 is 2.21 bits per heavy atom. The van der Waals surface area contributed by atoms with E-state index < -0.39 is 11.6 Å². The van der Waals surface area contributed by atoms with E-state index in [-0.39, 0.29) is 0 Å². The first kappa shape index (κ1) is 11.5. The molecule has 3 heteroatoms. The highest BCUT2D eigenvalue weighted by Gasteiger charge is 2.16. The highest BCUT2D eigenvalue weighted by Crippen LogP contribution is 2.25. The fourth-order valence-corrected chi connectivity index (χ4v) is 2.23. The molecule has 1 heterocycles. The summed E-state index contributed by atoms with van der Waals surface area (Å²) in [5.74, 6) is 6.24. The van der Waals surface area contributed by atoms with Gasteiger partial charge in [0.05, 0.1) is 5.25 Å². The third-order valence-electron chi connectivity index (χ3n) is 1.66. The number of hydrogen-bond acceptors (Lipinski definition) is 3. The van der Waals surface area contributed by atoms with E-state index in [2.05, 4.69) is 11.8 Å². The Kier molecular flexibility index (Phi) is 3.88. The van der Waals surface area contributed by atoms with Crippen molar-refractivity contribution >= 4 is 17.7 Å². The van der Waals surface area contributed by atoms with Crippen molar-refractivity contribution in [2.24, 2.45) is 0 Å². The lowest BCUT2D eigenvalue weighted by molar-refractivity contribution is -0.147.